The van der Waals surface area contributed by atoms with E-state index in [1.165, 1.54) is 6.20 Å². The molecule has 0 radical (unpaired) electrons. The van der Waals surface area contributed by atoms with Crippen molar-refractivity contribution >= 4 is 15.7 Å². The van der Waals surface area contributed by atoms with Crippen LogP contribution in [0.15, 0.2) is 23.4 Å². The number of aromatic nitrogens is 1. The zero-order valence-electron chi connectivity index (χ0n) is 12.9. The second kappa shape index (κ2) is 6.72. The summed E-state index contributed by atoms with van der Waals surface area (Å²) in [6, 6.07) is 2.18. The first kappa shape index (κ1) is 16.2. The van der Waals surface area contributed by atoms with Gasteiger partial charge in [-0.1, -0.05) is 6.92 Å². The minimum atomic E-state index is -3.48. The third-order valence-corrected chi connectivity index (χ3v) is 6.09. The predicted molar refractivity (Wildman–Crippen MR) is 83.9 cm³/mol. The summed E-state index contributed by atoms with van der Waals surface area (Å²) < 4.78 is 27.0. The van der Waals surface area contributed by atoms with Gasteiger partial charge in [-0.15, -0.1) is 0 Å². The predicted octanol–water partition coefficient (Wildman–Crippen LogP) is 1.23. The van der Waals surface area contributed by atoms with Crippen molar-refractivity contribution in [2.24, 2.45) is 0 Å². The maximum atomic E-state index is 12.7. The van der Waals surface area contributed by atoms with Gasteiger partial charge in [-0.3, -0.25) is 9.88 Å². The quantitative estimate of drug-likeness (QED) is 0.886. The van der Waals surface area contributed by atoms with Crippen LogP contribution in [0.25, 0.3) is 0 Å². The van der Waals surface area contributed by atoms with Crippen molar-refractivity contribution in [3.8, 4) is 0 Å². The molecule has 21 heavy (non-hydrogen) atoms. The van der Waals surface area contributed by atoms with Crippen LogP contribution < -0.4 is 5.32 Å². The average molecular weight is 312 g/mol. The minimum Gasteiger partial charge on any atom is -0.387 e. The molecule has 0 aliphatic carbocycles. The Hall–Kier alpha value is -1.18. The minimum absolute atomic E-state index is 0.254. The van der Waals surface area contributed by atoms with Gasteiger partial charge >= 0.3 is 0 Å². The molecule has 1 unspecified atom stereocenters. The van der Waals surface area contributed by atoms with Gasteiger partial charge in [0, 0.05) is 51.7 Å². The van der Waals surface area contributed by atoms with Gasteiger partial charge in [0.15, 0.2) is 0 Å². The molecule has 1 atom stereocenters. The van der Waals surface area contributed by atoms with E-state index < -0.39 is 10.0 Å². The third kappa shape index (κ3) is 3.36. The van der Waals surface area contributed by atoms with Crippen molar-refractivity contribution in [3.63, 3.8) is 0 Å². The lowest BCUT2D eigenvalue weighted by molar-refractivity contribution is 0.142. The van der Waals surface area contributed by atoms with Crippen LogP contribution in [0.3, 0.4) is 0 Å². The van der Waals surface area contributed by atoms with Crippen LogP contribution >= 0.6 is 0 Å². The highest BCUT2D eigenvalue weighted by molar-refractivity contribution is 7.89. The van der Waals surface area contributed by atoms with Crippen molar-refractivity contribution in [1.29, 1.82) is 0 Å². The van der Waals surface area contributed by atoms with E-state index in [0.29, 0.717) is 24.8 Å². The van der Waals surface area contributed by atoms with Crippen LogP contribution in [0.1, 0.15) is 20.3 Å². The summed E-state index contributed by atoms with van der Waals surface area (Å²) in [5.74, 6) is 0. The maximum absolute atomic E-state index is 12.7. The van der Waals surface area contributed by atoms with E-state index in [9.17, 15) is 8.42 Å². The standard InChI is InChI=1S/C14H24N4O2S/c1-4-12(2)17-7-9-18(10-8-17)21(19,20)14-11-16-6-5-13(14)15-3/h5-6,11-12H,4,7-10H2,1-3H3,(H,15,16). The smallest absolute Gasteiger partial charge is 0.246 e. The SMILES string of the molecule is CCC(C)N1CCN(S(=O)(=O)c2cnccc2NC)CC1. The number of rotatable bonds is 5. The highest BCUT2D eigenvalue weighted by atomic mass is 32.2. The van der Waals surface area contributed by atoms with E-state index >= 15 is 0 Å². The van der Waals surface area contributed by atoms with Crippen molar-refractivity contribution in [1.82, 2.24) is 14.2 Å². The summed E-state index contributed by atoms with van der Waals surface area (Å²) in [6.45, 7) is 6.97. The molecule has 1 fully saturated rings. The molecule has 6 nitrogen and oxygen atoms in total. The van der Waals surface area contributed by atoms with E-state index in [-0.39, 0.29) is 4.90 Å². The van der Waals surface area contributed by atoms with Gasteiger partial charge in [-0.2, -0.15) is 4.31 Å². The number of sulfonamides is 1. The Bertz CT molecular complexity index is 568. The third-order valence-electron chi connectivity index (χ3n) is 4.16. The monoisotopic (exact) mass is 312 g/mol. The Morgan fingerprint density at radius 3 is 2.57 bits per heavy atom. The highest BCUT2D eigenvalue weighted by Crippen LogP contribution is 2.24. The van der Waals surface area contributed by atoms with Gasteiger partial charge in [-0.05, 0) is 19.4 Å². The fraction of sp³-hybridized carbons (Fsp3) is 0.643. The number of nitrogens with zero attached hydrogens (tertiary/aromatic N) is 3. The molecule has 2 heterocycles. The molecule has 0 aromatic carbocycles. The van der Waals surface area contributed by atoms with E-state index in [2.05, 4.69) is 29.0 Å². The summed E-state index contributed by atoms with van der Waals surface area (Å²) in [7, 11) is -1.76. The van der Waals surface area contributed by atoms with Gasteiger partial charge < -0.3 is 5.32 Å². The number of anilines is 1. The van der Waals surface area contributed by atoms with Crippen LogP contribution in [-0.4, -0.2) is 61.9 Å². The molecule has 1 saturated heterocycles. The first-order valence-corrected chi connectivity index (χ1v) is 8.80. The number of piperazine rings is 1. The summed E-state index contributed by atoms with van der Waals surface area (Å²) in [5, 5.41) is 2.92. The molecule has 1 aromatic heterocycles. The Labute approximate surface area is 127 Å². The molecule has 118 valence electrons. The number of nitrogens with one attached hydrogen (secondary N) is 1. The van der Waals surface area contributed by atoms with Crippen molar-refractivity contribution in [2.45, 2.75) is 31.2 Å². The largest absolute Gasteiger partial charge is 0.387 e. The van der Waals surface area contributed by atoms with Crippen LogP contribution in [0.4, 0.5) is 5.69 Å². The van der Waals surface area contributed by atoms with E-state index in [4.69, 9.17) is 0 Å². The second-order valence-corrected chi connectivity index (χ2v) is 7.23. The molecule has 1 N–H and O–H groups in total. The molecule has 2 rings (SSSR count). The lowest BCUT2D eigenvalue weighted by atomic mass is 10.2. The van der Waals surface area contributed by atoms with Crippen LogP contribution in [0.5, 0.6) is 0 Å². The molecule has 1 aromatic rings. The lowest BCUT2D eigenvalue weighted by Gasteiger charge is -2.37. The van der Waals surface area contributed by atoms with Crippen LogP contribution in [-0.2, 0) is 10.0 Å². The molecule has 7 heteroatoms. The number of pyridine rings is 1. The van der Waals surface area contributed by atoms with E-state index in [1.54, 1.807) is 23.6 Å². The molecule has 1 aliphatic rings. The average Bonchev–Trinajstić information content (AvgIpc) is 2.54. The Morgan fingerprint density at radius 2 is 2.00 bits per heavy atom. The van der Waals surface area contributed by atoms with Crippen LogP contribution in [0.2, 0.25) is 0 Å². The summed E-state index contributed by atoms with van der Waals surface area (Å²) >= 11 is 0. The van der Waals surface area contributed by atoms with Gasteiger partial charge in [0.1, 0.15) is 4.90 Å². The van der Waals surface area contributed by atoms with Gasteiger partial charge in [0.05, 0.1) is 5.69 Å². The van der Waals surface area contributed by atoms with E-state index in [1.807, 2.05) is 0 Å². The summed E-state index contributed by atoms with van der Waals surface area (Å²) in [6.07, 6.45) is 4.09. The lowest BCUT2D eigenvalue weighted by Crippen LogP contribution is -2.51. The Morgan fingerprint density at radius 1 is 1.33 bits per heavy atom. The first-order chi connectivity index (χ1) is 10.0. The molecule has 0 spiro atoms. The van der Waals surface area contributed by atoms with E-state index in [0.717, 1.165) is 19.5 Å². The fourth-order valence-electron chi connectivity index (χ4n) is 2.57. The van der Waals surface area contributed by atoms with Gasteiger partial charge in [-0.25, -0.2) is 8.42 Å². The molecule has 0 amide bonds. The maximum Gasteiger partial charge on any atom is 0.246 e. The fourth-order valence-corrected chi connectivity index (χ4v) is 4.14. The summed E-state index contributed by atoms with van der Waals surface area (Å²) in [4.78, 5) is 6.55. The Kier molecular flexibility index (Phi) is 5.18. The number of hydrogen-bond donors (Lipinski definition) is 1. The number of hydrogen-bond acceptors (Lipinski definition) is 5. The van der Waals surface area contributed by atoms with Crippen molar-refractivity contribution < 1.29 is 8.42 Å². The topological polar surface area (TPSA) is 65.5 Å². The first-order valence-electron chi connectivity index (χ1n) is 7.36. The molecular formula is C14H24N4O2S. The molecule has 0 bridgehead atoms. The molecular weight excluding hydrogens is 288 g/mol. The highest BCUT2D eigenvalue weighted by Gasteiger charge is 2.31. The summed E-state index contributed by atoms with van der Waals surface area (Å²) in [5.41, 5.74) is 0.592. The second-order valence-electron chi connectivity index (χ2n) is 5.32. The van der Waals surface area contributed by atoms with Crippen molar-refractivity contribution in [2.75, 3.05) is 38.5 Å². The zero-order valence-corrected chi connectivity index (χ0v) is 13.7. The zero-order chi connectivity index (χ0) is 15.5. The van der Waals surface area contributed by atoms with Crippen molar-refractivity contribution in [3.05, 3.63) is 18.5 Å². The van der Waals surface area contributed by atoms with Gasteiger partial charge in [0.2, 0.25) is 10.0 Å². The normalized spacial score (nSPS) is 19.4. The van der Waals surface area contributed by atoms with Gasteiger partial charge in [0.25, 0.3) is 0 Å². The molecule has 0 saturated carbocycles. The Balaban J connectivity index is 2.15. The van der Waals surface area contributed by atoms with Crippen LogP contribution in [0, 0.1) is 0 Å². The molecule has 1 aliphatic heterocycles.